The minimum Gasteiger partial charge on any atom is -0.494 e. The molecule has 13 heteroatoms. The molecule has 3 aromatic rings. The molecule has 1 atom stereocenters. The quantitative estimate of drug-likeness (QED) is 0.396. The van der Waals surface area contributed by atoms with Crippen molar-refractivity contribution < 1.29 is 37.1 Å². The van der Waals surface area contributed by atoms with Crippen LogP contribution in [-0.2, 0) is 21.6 Å². The van der Waals surface area contributed by atoms with Gasteiger partial charge < -0.3 is 29.8 Å². The van der Waals surface area contributed by atoms with Gasteiger partial charge in [-0.25, -0.2) is 23.4 Å². The number of ether oxygens (including phenoxy) is 2. The van der Waals surface area contributed by atoms with Crippen LogP contribution in [0.3, 0.4) is 0 Å². The van der Waals surface area contributed by atoms with Crippen molar-refractivity contribution in [3.8, 4) is 5.75 Å². The summed E-state index contributed by atoms with van der Waals surface area (Å²) in [6, 6.07) is 3.89. The van der Waals surface area contributed by atoms with Gasteiger partial charge in [0.15, 0.2) is 28.1 Å². The zero-order chi connectivity index (χ0) is 24.8. The van der Waals surface area contributed by atoms with Crippen molar-refractivity contribution in [1.82, 2.24) is 15.2 Å². The Morgan fingerprint density at radius 3 is 2.71 bits per heavy atom. The Morgan fingerprint density at radius 1 is 1.32 bits per heavy atom. The van der Waals surface area contributed by atoms with Crippen molar-refractivity contribution in [2.75, 3.05) is 20.8 Å². The summed E-state index contributed by atoms with van der Waals surface area (Å²) in [4.78, 5) is 43.0. The number of urea groups is 1. The number of rotatable bonds is 6. The SMILES string of the molecule is COC(=O)C(CN1Cc2ccc(OC)c(F)c2C1=O)(NC(N)=O)c1cc2nc(Cl)c(F)cc2o1. The lowest BCUT2D eigenvalue weighted by Crippen LogP contribution is -2.59. The summed E-state index contributed by atoms with van der Waals surface area (Å²) in [5.41, 5.74) is 3.22. The molecule has 0 saturated carbocycles. The van der Waals surface area contributed by atoms with Gasteiger partial charge in [0, 0.05) is 18.7 Å². The Balaban J connectivity index is 1.83. The number of esters is 1. The van der Waals surface area contributed by atoms with Crippen LogP contribution in [0.15, 0.2) is 28.7 Å². The number of aromatic nitrogens is 1. The second-order valence-electron chi connectivity index (χ2n) is 7.42. The number of fused-ring (bicyclic) bond motifs is 2. The number of methoxy groups -OCH3 is 2. The molecule has 4 rings (SSSR count). The van der Waals surface area contributed by atoms with E-state index in [1.807, 2.05) is 0 Å². The number of halogens is 3. The average molecular weight is 495 g/mol. The first-order valence-corrected chi connectivity index (χ1v) is 10.1. The number of carbonyl (C=O) groups is 3. The Bertz CT molecular complexity index is 1310. The molecule has 1 unspecified atom stereocenters. The standard InChI is InChI=1S/C21H17ClF2N4O6/c1-32-12-4-3-9-7-28(18(29)15(9)16(12)24)8-21(19(30)33-2,27-20(25)31)14-6-11-13(34-14)5-10(23)17(22)26-11/h3-6H,7-8H2,1-2H3,(H3,25,27,31). The molecule has 0 saturated heterocycles. The van der Waals surface area contributed by atoms with Crippen LogP contribution in [-0.4, -0.2) is 48.6 Å². The maximum absolute atomic E-state index is 14.8. The van der Waals surface area contributed by atoms with Crippen LogP contribution in [0.4, 0.5) is 13.6 Å². The van der Waals surface area contributed by atoms with Crippen LogP contribution in [0.1, 0.15) is 21.7 Å². The van der Waals surface area contributed by atoms with E-state index in [-0.39, 0.29) is 34.7 Å². The van der Waals surface area contributed by atoms with Crippen LogP contribution in [0.5, 0.6) is 5.75 Å². The van der Waals surface area contributed by atoms with Gasteiger partial charge in [-0.2, -0.15) is 0 Å². The zero-order valence-corrected chi connectivity index (χ0v) is 18.5. The summed E-state index contributed by atoms with van der Waals surface area (Å²) in [5, 5.41) is 1.82. The number of furan rings is 1. The number of nitrogens with zero attached hydrogens (tertiary/aromatic N) is 2. The maximum atomic E-state index is 14.8. The van der Waals surface area contributed by atoms with Crippen molar-refractivity contribution in [2.24, 2.45) is 5.73 Å². The summed E-state index contributed by atoms with van der Waals surface area (Å²) in [5.74, 6) is -3.96. The number of pyridine rings is 1. The van der Waals surface area contributed by atoms with E-state index in [1.54, 1.807) is 0 Å². The van der Waals surface area contributed by atoms with Crippen molar-refractivity contribution in [1.29, 1.82) is 0 Å². The van der Waals surface area contributed by atoms with Gasteiger partial charge in [-0.3, -0.25) is 4.79 Å². The van der Waals surface area contributed by atoms with E-state index in [4.69, 9.17) is 31.2 Å². The van der Waals surface area contributed by atoms with E-state index in [2.05, 4.69) is 10.3 Å². The average Bonchev–Trinajstić information content (AvgIpc) is 3.34. The summed E-state index contributed by atoms with van der Waals surface area (Å²) in [6.45, 7) is -0.666. The first-order chi connectivity index (χ1) is 16.1. The number of carbonyl (C=O) groups excluding carboxylic acids is 3. The number of benzene rings is 1. The van der Waals surface area contributed by atoms with E-state index < -0.39 is 46.8 Å². The largest absolute Gasteiger partial charge is 0.494 e. The molecule has 0 spiro atoms. The molecule has 3 N–H and O–H groups in total. The third-order valence-electron chi connectivity index (χ3n) is 5.41. The molecular weight excluding hydrogens is 478 g/mol. The van der Waals surface area contributed by atoms with Crippen LogP contribution in [0, 0.1) is 11.6 Å². The highest BCUT2D eigenvalue weighted by atomic mass is 35.5. The van der Waals surface area contributed by atoms with Crippen molar-refractivity contribution in [2.45, 2.75) is 12.1 Å². The first kappa shape index (κ1) is 23.2. The normalized spacial score (nSPS) is 14.6. The van der Waals surface area contributed by atoms with E-state index in [9.17, 15) is 23.2 Å². The van der Waals surface area contributed by atoms with E-state index in [0.29, 0.717) is 5.56 Å². The van der Waals surface area contributed by atoms with Gasteiger partial charge >= 0.3 is 12.0 Å². The second kappa shape index (κ2) is 8.45. The Labute approximate surface area is 195 Å². The molecule has 0 aliphatic carbocycles. The van der Waals surface area contributed by atoms with E-state index in [1.165, 1.54) is 25.3 Å². The highest BCUT2D eigenvalue weighted by molar-refractivity contribution is 6.29. The van der Waals surface area contributed by atoms with E-state index >= 15 is 0 Å². The molecule has 178 valence electrons. The van der Waals surface area contributed by atoms with Crippen molar-refractivity contribution in [3.63, 3.8) is 0 Å². The van der Waals surface area contributed by atoms with Crippen LogP contribution < -0.4 is 15.8 Å². The van der Waals surface area contributed by atoms with Gasteiger partial charge in [0.1, 0.15) is 11.3 Å². The van der Waals surface area contributed by atoms with Gasteiger partial charge in [0.25, 0.3) is 5.91 Å². The molecule has 0 radical (unpaired) electrons. The van der Waals surface area contributed by atoms with Crippen molar-refractivity contribution >= 4 is 40.6 Å². The first-order valence-electron chi connectivity index (χ1n) is 9.68. The molecule has 10 nitrogen and oxygen atoms in total. The number of nitrogens with two attached hydrogens (primary N) is 1. The van der Waals surface area contributed by atoms with Crippen LogP contribution in [0.25, 0.3) is 11.1 Å². The molecule has 1 aliphatic heterocycles. The zero-order valence-electron chi connectivity index (χ0n) is 17.8. The molecule has 1 aromatic carbocycles. The summed E-state index contributed by atoms with van der Waals surface area (Å²) in [6.07, 6.45) is 0. The number of hydrogen-bond donors (Lipinski definition) is 2. The minimum atomic E-state index is -2.18. The topological polar surface area (TPSA) is 137 Å². The smallest absolute Gasteiger partial charge is 0.341 e. The number of nitrogens with one attached hydrogen (secondary N) is 1. The summed E-state index contributed by atoms with van der Waals surface area (Å²) in [7, 11) is 2.30. The molecule has 3 heterocycles. The number of hydrogen-bond acceptors (Lipinski definition) is 7. The lowest BCUT2D eigenvalue weighted by Gasteiger charge is -2.33. The highest BCUT2D eigenvalue weighted by Gasteiger charge is 2.50. The van der Waals surface area contributed by atoms with Crippen LogP contribution >= 0.6 is 11.6 Å². The summed E-state index contributed by atoms with van der Waals surface area (Å²) >= 11 is 5.73. The molecule has 34 heavy (non-hydrogen) atoms. The number of amides is 3. The lowest BCUT2D eigenvalue weighted by atomic mass is 9.95. The van der Waals surface area contributed by atoms with Crippen molar-refractivity contribution in [3.05, 3.63) is 57.9 Å². The fraction of sp³-hybridized carbons (Fsp3) is 0.238. The molecule has 2 aromatic heterocycles. The monoisotopic (exact) mass is 494 g/mol. The Kier molecular flexibility index (Phi) is 5.77. The lowest BCUT2D eigenvalue weighted by molar-refractivity contribution is -0.150. The number of primary amides is 1. The van der Waals surface area contributed by atoms with Crippen LogP contribution in [0.2, 0.25) is 5.15 Å². The fourth-order valence-electron chi connectivity index (χ4n) is 3.88. The minimum absolute atomic E-state index is 0.0627. The predicted octanol–water partition coefficient (Wildman–Crippen LogP) is 2.46. The maximum Gasteiger partial charge on any atom is 0.341 e. The fourth-order valence-corrected chi connectivity index (χ4v) is 4.02. The van der Waals surface area contributed by atoms with Gasteiger partial charge in [-0.05, 0) is 11.6 Å². The summed E-state index contributed by atoms with van der Waals surface area (Å²) < 4.78 is 44.1. The molecule has 3 amide bonds. The predicted molar refractivity (Wildman–Crippen MR) is 113 cm³/mol. The molecule has 1 aliphatic rings. The second-order valence-corrected chi connectivity index (χ2v) is 7.78. The molecular formula is C21H17ClF2N4O6. The Morgan fingerprint density at radius 2 is 2.06 bits per heavy atom. The van der Waals surface area contributed by atoms with Gasteiger partial charge in [0.2, 0.25) is 5.54 Å². The molecule has 0 bridgehead atoms. The van der Waals surface area contributed by atoms with Gasteiger partial charge in [-0.1, -0.05) is 17.7 Å². The third kappa shape index (κ3) is 3.65. The Hall–Kier alpha value is -3.93. The van der Waals surface area contributed by atoms with Gasteiger partial charge in [-0.15, -0.1) is 0 Å². The van der Waals surface area contributed by atoms with E-state index in [0.717, 1.165) is 18.1 Å². The highest BCUT2D eigenvalue weighted by Crippen LogP contribution is 2.36. The third-order valence-corrected chi connectivity index (χ3v) is 5.67. The molecule has 0 fully saturated rings. The van der Waals surface area contributed by atoms with Gasteiger partial charge in [0.05, 0.1) is 26.3 Å².